The largest absolute Gasteiger partial charge is 0.481 e. The number of carbonyl (C=O) groups is 3. The fourth-order valence-corrected chi connectivity index (χ4v) is 13.6. The number of aliphatic hydroxyl groups is 1. The summed E-state index contributed by atoms with van der Waals surface area (Å²) in [5, 5.41) is 21.9. The number of carboxylic acid groups (broad SMARTS) is 1. The molecule has 8 heteroatoms. The quantitative estimate of drug-likeness (QED) is 0.239. The number of carbonyl (C=O) groups excluding carboxylic acids is 2. The number of hydrogen-bond acceptors (Lipinski definition) is 7. The van der Waals surface area contributed by atoms with Crippen molar-refractivity contribution in [3.05, 3.63) is 11.1 Å². The molecule has 1 aliphatic heterocycles. The number of ketones is 1. The van der Waals surface area contributed by atoms with Crippen LogP contribution in [0.4, 0.5) is 0 Å². The zero-order chi connectivity index (χ0) is 37.5. The minimum absolute atomic E-state index is 0.0236. The normalized spacial score (nSPS) is 40.7. The van der Waals surface area contributed by atoms with Gasteiger partial charge in [0, 0.05) is 50.0 Å². The molecule has 5 fully saturated rings. The van der Waals surface area contributed by atoms with E-state index in [4.69, 9.17) is 4.74 Å². The van der Waals surface area contributed by atoms with Crippen molar-refractivity contribution in [2.45, 2.75) is 146 Å². The lowest BCUT2D eigenvalue weighted by atomic mass is 9.33. The van der Waals surface area contributed by atoms with Gasteiger partial charge in [-0.3, -0.25) is 19.3 Å². The van der Waals surface area contributed by atoms with Crippen molar-refractivity contribution in [2.24, 2.45) is 56.2 Å². The first-order valence-electron chi connectivity index (χ1n) is 20.5. The average Bonchev–Trinajstić information content (AvgIpc) is 3.36. The van der Waals surface area contributed by atoms with Gasteiger partial charge >= 0.3 is 11.9 Å². The molecule has 288 valence electrons. The van der Waals surface area contributed by atoms with Crippen LogP contribution in [0.5, 0.6) is 0 Å². The molecule has 0 aromatic rings. The van der Waals surface area contributed by atoms with Crippen molar-refractivity contribution in [1.82, 2.24) is 9.80 Å². The van der Waals surface area contributed by atoms with E-state index in [1.807, 2.05) is 0 Å². The predicted molar refractivity (Wildman–Crippen MR) is 200 cm³/mol. The Kier molecular flexibility index (Phi) is 10.1. The van der Waals surface area contributed by atoms with Gasteiger partial charge in [0.2, 0.25) is 0 Å². The third-order valence-electron chi connectivity index (χ3n) is 16.8. The summed E-state index contributed by atoms with van der Waals surface area (Å²) in [6, 6.07) is 0. The Balaban J connectivity index is 1.27. The van der Waals surface area contributed by atoms with Crippen LogP contribution in [0.3, 0.4) is 0 Å². The molecular formula is C43H70N2O6. The highest BCUT2D eigenvalue weighted by molar-refractivity contribution is 6.00. The molecule has 0 amide bonds. The molecule has 1 saturated heterocycles. The van der Waals surface area contributed by atoms with E-state index in [2.05, 4.69) is 65.2 Å². The Morgan fingerprint density at radius 3 is 2.14 bits per heavy atom. The molecule has 6 rings (SSSR count). The Labute approximate surface area is 308 Å². The number of aliphatic hydroxyl groups excluding tert-OH is 1. The number of carboxylic acids is 1. The first-order chi connectivity index (χ1) is 23.7. The van der Waals surface area contributed by atoms with Gasteiger partial charge in [-0.2, -0.15) is 0 Å². The van der Waals surface area contributed by atoms with E-state index in [-0.39, 0.29) is 45.9 Å². The molecule has 6 aliphatic rings. The number of fused-ring (bicyclic) bond motifs is 7. The van der Waals surface area contributed by atoms with Crippen molar-refractivity contribution in [3.8, 4) is 0 Å². The van der Waals surface area contributed by atoms with Gasteiger partial charge in [-0.05, 0) is 117 Å². The number of Topliss-reactive ketones (excluding diaryl/α,β-unsaturated/α-hetero) is 1. The molecule has 0 bridgehead atoms. The van der Waals surface area contributed by atoms with Crippen molar-refractivity contribution in [3.63, 3.8) is 0 Å². The summed E-state index contributed by atoms with van der Waals surface area (Å²) >= 11 is 0. The molecule has 4 saturated carbocycles. The van der Waals surface area contributed by atoms with E-state index in [0.717, 1.165) is 89.7 Å². The molecule has 1 unspecified atom stereocenters. The van der Waals surface area contributed by atoms with Crippen LogP contribution in [0.25, 0.3) is 0 Å². The van der Waals surface area contributed by atoms with Crippen molar-refractivity contribution in [2.75, 3.05) is 39.3 Å². The first-order valence-corrected chi connectivity index (χ1v) is 20.5. The highest BCUT2D eigenvalue weighted by atomic mass is 16.5. The number of hydrogen-bond donors (Lipinski definition) is 2. The molecule has 8 nitrogen and oxygen atoms in total. The molecule has 0 aromatic heterocycles. The number of allylic oxidation sites excluding steroid dienone is 1. The van der Waals surface area contributed by atoms with Crippen LogP contribution in [0.2, 0.25) is 0 Å². The molecule has 1 heterocycles. The molecular weight excluding hydrogens is 640 g/mol. The van der Waals surface area contributed by atoms with Gasteiger partial charge in [-0.1, -0.05) is 61.0 Å². The Morgan fingerprint density at radius 1 is 0.882 bits per heavy atom. The van der Waals surface area contributed by atoms with E-state index >= 15 is 0 Å². The van der Waals surface area contributed by atoms with Gasteiger partial charge in [-0.15, -0.1) is 0 Å². The summed E-state index contributed by atoms with van der Waals surface area (Å²) in [6.45, 7) is 27.8. The third-order valence-corrected chi connectivity index (χ3v) is 16.8. The molecule has 0 spiro atoms. The van der Waals surface area contributed by atoms with Gasteiger partial charge in [0.15, 0.2) is 5.78 Å². The first kappa shape index (κ1) is 38.9. The van der Waals surface area contributed by atoms with E-state index < -0.39 is 28.9 Å². The maximum absolute atomic E-state index is 14.1. The van der Waals surface area contributed by atoms with Gasteiger partial charge < -0.3 is 19.8 Å². The van der Waals surface area contributed by atoms with Crippen LogP contribution < -0.4 is 0 Å². The number of β-amino-alcohol motifs (C(OH)–C–C–N with tert-alkyl or cyclic N) is 1. The summed E-state index contributed by atoms with van der Waals surface area (Å²) in [5.74, 6) is 0.237. The standard InChI is InChI=1S/C43H70N2O6/c1-11-44-20-22-45(23-21-44)26-32(47)43-19-18-41(9)28(36(43)35(27(2)3)29(46)24-43)12-13-31-40(8)16-15-33(51-34(48)25-38(4,5)37(49)50)39(6,7)30(40)14-17-42(31,41)10/h27-28,30-33,47H,11-26H2,1-10H3,(H,49,50)/t28-,30+,31-,32?,33+,40+,41-,42-,43+/m1/s1. The Bertz CT molecular complexity index is 1430. The summed E-state index contributed by atoms with van der Waals surface area (Å²) in [7, 11) is 0. The number of ether oxygens (including phenoxy) is 1. The zero-order valence-corrected chi connectivity index (χ0v) is 33.7. The van der Waals surface area contributed by atoms with Gasteiger partial charge in [0.25, 0.3) is 0 Å². The minimum atomic E-state index is -1.16. The maximum atomic E-state index is 14.1. The van der Waals surface area contributed by atoms with Crippen LogP contribution in [0.1, 0.15) is 133 Å². The lowest BCUT2D eigenvalue weighted by Gasteiger charge is -2.72. The number of rotatable bonds is 9. The summed E-state index contributed by atoms with van der Waals surface area (Å²) in [4.78, 5) is 43.8. The SMILES string of the molecule is CCN1CCN(CC(O)[C@@]23CC[C@]4(C)[C@H](CC[C@@H]5[C@@]6(C)CC[C@H](OC(=O)CC(C)(C)C(=O)O)C(C)(C)[C@@H]6CC[C@]54C)C2=C(C(C)C)C(=O)C3)CC1. The van der Waals surface area contributed by atoms with Crippen LogP contribution in [-0.4, -0.2) is 89.2 Å². The number of piperazine rings is 1. The third kappa shape index (κ3) is 5.99. The molecule has 51 heavy (non-hydrogen) atoms. The Morgan fingerprint density at radius 2 is 1.53 bits per heavy atom. The second-order valence-corrected chi connectivity index (χ2v) is 20.3. The topological polar surface area (TPSA) is 107 Å². The fourth-order valence-electron chi connectivity index (χ4n) is 13.6. The highest BCUT2D eigenvalue weighted by Crippen LogP contribution is 2.77. The fraction of sp³-hybridized carbons (Fsp3) is 0.884. The number of esters is 1. The smallest absolute Gasteiger partial charge is 0.309 e. The van der Waals surface area contributed by atoms with Gasteiger partial charge in [-0.25, -0.2) is 0 Å². The monoisotopic (exact) mass is 711 g/mol. The summed E-state index contributed by atoms with van der Waals surface area (Å²) in [6.07, 6.45) is 7.64. The maximum Gasteiger partial charge on any atom is 0.309 e. The zero-order valence-electron chi connectivity index (χ0n) is 33.7. The van der Waals surface area contributed by atoms with Crippen LogP contribution in [0.15, 0.2) is 11.1 Å². The van der Waals surface area contributed by atoms with Crippen LogP contribution >= 0.6 is 0 Å². The second-order valence-electron chi connectivity index (χ2n) is 20.3. The van der Waals surface area contributed by atoms with Gasteiger partial charge in [0.1, 0.15) is 6.10 Å². The molecule has 5 aliphatic carbocycles. The van der Waals surface area contributed by atoms with E-state index in [0.29, 0.717) is 30.7 Å². The minimum Gasteiger partial charge on any atom is -0.481 e. The van der Waals surface area contributed by atoms with E-state index in [9.17, 15) is 24.6 Å². The summed E-state index contributed by atoms with van der Waals surface area (Å²) in [5.41, 5.74) is 0.749. The average molecular weight is 711 g/mol. The highest BCUT2D eigenvalue weighted by Gasteiger charge is 2.71. The lowest BCUT2D eigenvalue weighted by Crippen LogP contribution is -2.66. The van der Waals surface area contributed by atoms with Crippen molar-refractivity contribution < 1.29 is 29.3 Å². The van der Waals surface area contributed by atoms with Gasteiger partial charge in [0.05, 0.1) is 17.9 Å². The molecule has 9 atom stereocenters. The Hall–Kier alpha value is -1.77. The molecule has 2 N–H and O–H groups in total. The van der Waals surface area contributed by atoms with Crippen LogP contribution in [0, 0.1) is 56.2 Å². The number of aliphatic carboxylic acids is 1. The van der Waals surface area contributed by atoms with Crippen LogP contribution in [-0.2, 0) is 19.1 Å². The van der Waals surface area contributed by atoms with E-state index in [1.54, 1.807) is 13.8 Å². The number of likely N-dealkylation sites (N-methyl/N-ethyl adjacent to an activating group) is 1. The molecule has 0 radical (unpaired) electrons. The lowest BCUT2D eigenvalue weighted by molar-refractivity contribution is -0.235. The molecule has 0 aromatic carbocycles. The van der Waals surface area contributed by atoms with Crippen molar-refractivity contribution in [1.29, 1.82) is 0 Å². The van der Waals surface area contributed by atoms with Crippen molar-refractivity contribution >= 4 is 17.7 Å². The number of nitrogens with zero attached hydrogens (tertiary/aromatic N) is 2. The second kappa shape index (κ2) is 13.2. The van der Waals surface area contributed by atoms with E-state index in [1.165, 1.54) is 5.57 Å². The summed E-state index contributed by atoms with van der Waals surface area (Å²) < 4.78 is 6.17. The predicted octanol–water partition coefficient (Wildman–Crippen LogP) is 7.38.